The molecule has 1 aromatic carbocycles. The van der Waals surface area contributed by atoms with Gasteiger partial charge >= 0.3 is 11.7 Å². The average Bonchev–Trinajstić information content (AvgIpc) is 2.49. The molecule has 15 heavy (non-hydrogen) atoms. The zero-order chi connectivity index (χ0) is 10.8. The van der Waals surface area contributed by atoms with Crippen LogP contribution in [0, 0.1) is 5.82 Å². The molecule has 0 bridgehead atoms. The molecule has 0 saturated carbocycles. The predicted molar refractivity (Wildman–Crippen MR) is 50.1 cm³/mol. The number of oxazole rings is 1. The van der Waals surface area contributed by atoms with Crippen LogP contribution in [-0.2, 0) is 6.54 Å². The van der Waals surface area contributed by atoms with Crippen LogP contribution >= 0.6 is 0 Å². The van der Waals surface area contributed by atoms with Crippen LogP contribution in [-0.4, -0.2) is 9.67 Å². The molecule has 0 fully saturated rings. The molecule has 0 amide bonds. The summed E-state index contributed by atoms with van der Waals surface area (Å²) in [6.45, 7) is 0.239. The fraction of sp³-hybridized carbons (Fsp3) is 0.100. The molecular weight excluding hydrogens is 201 g/mol. The Hall–Kier alpha value is -2.04. The van der Waals surface area contributed by atoms with Crippen LogP contribution in [0.5, 0.6) is 5.95 Å². The molecule has 0 unspecified atom stereocenters. The van der Waals surface area contributed by atoms with Gasteiger partial charge in [0, 0.05) is 0 Å². The molecule has 0 aliphatic heterocycles. The smallest absolute Gasteiger partial charge is 0.422 e. The number of rotatable bonds is 2. The summed E-state index contributed by atoms with van der Waals surface area (Å²) in [7, 11) is 0. The maximum absolute atomic E-state index is 12.6. The lowest BCUT2D eigenvalue weighted by Gasteiger charge is -1.99. The minimum atomic E-state index is -0.642. The summed E-state index contributed by atoms with van der Waals surface area (Å²) >= 11 is 0. The second-order valence-corrected chi connectivity index (χ2v) is 3.09. The Kier molecular flexibility index (Phi) is 2.29. The first kappa shape index (κ1) is 9.51. The number of benzene rings is 1. The molecule has 0 radical (unpaired) electrons. The minimum absolute atomic E-state index is 0.239. The first-order valence-corrected chi connectivity index (χ1v) is 4.29. The molecule has 1 N–H and O–H groups in total. The van der Waals surface area contributed by atoms with Crippen molar-refractivity contribution in [3.63, 3.8) is 0 Å². The Morgan fingerprint density at radius 3 is 2.53 bits per heavy atom. The Morgan fingerprint density at radius 2 is 2.00 bits per heavy atom. The largest absolute Gasteiger partial charge is 0.480 e. The molecule has 0 spiro atoms. The normalized spacial score (nSPS) is 10.5. The third-order valence-corrected chi connectivity index (χ3v) is 1.96. The van der Waals surface area contributed by atoms with Crippen molar-refractivity contribution in [3.8, 4) is 5.95 Å². The highest BCUT2D eigenvalue weighted by Gasteiger charge is 2.04. The predicted octanol–water partition coefficient (Wildman–Crippen LogP) is 1.33. The van der Waals surface area contributed by atoms with Gasteiger partial charge in [-0.15, -0.1) is 0 Å². The van der Waals surface area contributed by atoms with E-state index in [0.717, 1.165) is 5.56 Å². The Balaban J connectivity index is 2.25. The van der Waals surface area contributed by atoms with Gasteiger partial charge in [0.15, 0.2) is 0 Å². The highest BCUT2D eigenvalue weighted by atomic mass is 19.1. The zero-order valence-corrected chi connectivity index (χ0v) is 7.68. The molecule has 0 atom stereocenters. The summed E-state index contributed by atoms with van der Waals surface area (Å²) < 4.78 is 18.2. The fourth-order valence-electron chi connectivity index (χ4n) is 1.26. The number of aromatic hydroxyl groups is 1. The van der Waals surface area contributed by atoms with Crippen molar-refractivity contribution in [2.24, 2.45) is 0 Å². The summed E-state index contributed by atoms with van der Waals surface area (Å²) in [5.41, 5.74) is 0.749. The molecule has 5 heteroatoms. The van der Waals surface area contributed by atoms with Gasteiger partial charge < -0.3 is 9.52 Å². The van der Waals surface area contributed by atoms with Gasteiger partial charge in [-0.3, -0.25) is 4.57 Å². The van der Waals surface area contributed by atoms with Gasteiger partial charge in [-0.2, -0.15) is 0 Å². The number of aromatic nitrogens is 1. The summed E-state index contributed by atoms with van der Waals surface area (Å²) in [5.74, 6) is -1.40. The van der Waals surface area contributed by atoms with Crippen LogP contribution in [0.2, 0.25) is 0 Å². The van der Waals surface area contributed by atoms with Crippen LogP contribution in [0.25, 0.3) is 0 Å². The highest BCUT2D eigenvalue weighted by Crippen LogP contribution is 2.07. The van der Waals surface area contributed by atoms with E-state index in [4.69, 9.17) is 5.11 Å². The first-order valence-electron chi connectivity index (χ1n) is 4.29. The van der Waals surface area contributed by atoms with E-state index in [1.807, 2.05) is 0 Å². The second-order valence-electron chi connectivity index (χ2n) is 3.09. The summed E-state index contributed by atoms with van der Waals surface area (Å²) in [5, 5.41) is 8.91. The topological polar surface area (TPSA) is 55.4 Å². The summed E-state index contributed by atoms with van der Waals surface area (Å²) in [6, 6.07) is 5.73. The lowest BCUT2D eigenvalue weighted by molar-refractivity contribution is 0.317. The van der Waals surface area contributed by atoms with Crippen molar-refractivity contribution < 1.29 is 13.9 Å². The van der Waals surface area contributed by atoms with Crippen molar-refractivity contribution in [1.82, 2.24) is 4.57 Å². The molecule has 0 aliphatic carbocycles. The van der Waals surface area contributed by atoms with E-state index >= 15 is 0 Å². The van der Waals surface area contributed by atoms with Gasteiger partial charge in [-0.05, 0) is 17.7 Å². The molecule has 1 aromatic heterocycles. The second kappa shape index (κ2) is 3.61. The van der Waals surface area contributed by atoms with Crippen LogP contribution < -0.4 is 5.76 Å². The van der Waals surface area contributed by atoms with Gasteiger partial charge in [0.25, 0.3) is 0 Å². The van der Waals surface area contributed by atoms with E-state index in [1.165, 1.54) is 22.9 Å². The SMILES string of the molecule is O=c1oc(O)cn1Cc1ccc(F)cc1. The molecule has 0 aliphatic rings. The third kappa shape index (κ3) is 2.07. The van der Waals surface area contributed by atoms with Crippen LogP contribution in [0.1, 0.15) is 5.56 Å². The van der Waals surface area contributed by atoms with E-state index in [1.54, 1.807) is 12.1 Å². The summed E-state index contributed by atoms with van der Waals surface area (Å²) in [6.07, 6.45) is 1.19. The van der Waals surface area contributed by atoms with Crippen molar-refractivity contribution in [2.75, 3.05) is 0 Å². The first-order chi connectivity index (χ1) is 7.15. The molecule has 78 valence electrons. The molecule has 1 heterocycles. The lowest BCUT2D eigenvalue weighted by atomic mass is 10.2. The quantitative estimate of drug-likeness (QED) is 0.811. The fourth-order valence-corrected chi connectivity index (χ4v) is 1.26. The molecule has 2 aromatic rings. The lowest BCUT2D eigenvalue weighted by Crippen LogP contribution is -2.13. The van der Waals surface area contributed by atoms with E-state index in [2.05, 4.69) is 4.42 Å². The van der Waals surface area contributed by atoms with Gasteiger partial charge in [0.05, 0.1) is 12.7 Å². The summed E-state index contributed by atoms with van der Waals surface area (Å²) in [4.78, 5) is 11.1. The number of hydrogen-bond acceptors (Lipinski definition) is 3. The average molecular weight is 209 g/mol. The minimum Gasteiger partial charge on any atom is -0.480 e. The van der Waals surface area contributed by atoms with Crippen LogP contribution in [0.3, 0.4) is 0 Å². The Labute approximate surface area is 84.2 Å². The van der Waals surface area contributed by atoms with Crippen LogP contribution in [0.4, 0.5) is 4.39 Å². The van der Waals surface area contributed by atoms with Crippen LogP contribution in [0.15, 0.2) is 39.7 Å². The Bertz CT molecular complexity index is 512. The maximum Gasteiger partial charge on any atom is 0.422 e. The molecule has 2 rings (SSSR count). The molecule has 4 nitrogen and oxygen atoms in total. The monoisotopic (exact) mass is 209 g/mol. The zero-order valence-electron chi connectivity index (χ0n) is 7.68. The molecular formula is C10H8FNO3. The van der Waals surface area contributed by atoms with E-state index < -0.39 is 11.7 Å². The van der Waals surface area contributed by atoms with Gasteiger partial charge in [-0.1, -0.05) is 12.1 Å². The third-order valence-electron chi connectivity index (χ3n) is 1.96. The molecule has 0 saturated heterocycles. The number of hydrogen-bond donors (Lipinski definition) is 1. The van der Waals surface area contributed by atoms with Gasteiger partial charge in [-0.25, -0.2) is 9.18 Å². The Morgan fingerprint density at radius 1 is 1.33 bits per heavy atom. The van der Waals surface area contributed by atoms with E-state index in [9.17, 15) is 9.18 Å². The van der Waals surface area contributed by atoms with Gasteiger partial charge in [0.2, 0.25) is 0 Å². The maximum atomic E-state index is 12.6. The van der Waals surface area contributed by atoms with Crippen molar-refractivity contribution >= 4 is 0 Å². The van der Waals surface area contributed by atoms with Crippen molar-refractivity contribution in [2.45, 2.75) is 6.54 Å². The number of nitrogens with zero attached hydrogens (tertiary/aromatic N) is 1. The van der Waals surface area contributed by atoms with Gasteiger partial charge in [0.1, 0.15) is 5.82 Å². The van der Waals surface area contributed by atoms with E-state index in [0.29, 0.717) is 0 Å². The van der Waals surface area contributed by atoms with E-state index in [-0.39, 0.29) is 12.4 Å². The standard InChI is InChI=1S/C10H8FNO3/c11-8-3-1-7(2-4-8)5-12-6-9(13)15-10(12)14/h1-4,6,13H,5H2. The highest BCUT2D eigenvalue weighted by molar-refractivity contribution is 5.16. The van der Waals surface area contributed by atoms with Crippen molar-refractivity contribution in [1.29, 1.82) is 0 Å². The van der Waals surface area contributed by atoms with Crippen molar-refractivity contribution in [3.05, 3.63) is 52.4 Å². The number of halogens is 1.